The summed E-state index contributed by atoms with van der Waals surface area (Å²) >= 11 is 0. The van der Waals surface area contributed by atoms with E-state index in [0.717, 1.165) is 48.2 Å². The molecule has 0 unspecified atom stereocenters. The van der Waals surface area contributed by atoms with E-state index in [9.17, 15) is 9.18 Å². The molecule has 4 nitrogen and oxygen atoms in total. The lowest BCUT2D eigenvalue weighted by Crippen LogP contribution is -2.17. The third-order valence-electron chi connectivity index (χ3n) is 4.57. The number of carbonyl (C=O) groups excluding carboxylic acids is 1. The number of benzene rings is 2. The van der Waals surface area contributed by atoms with E-state index < -0.39 is 0 Å². The number of nitrogens with zero attached hydrogens (tertiary/aromatic N) is 1. The monoisotopic (exact) mass is 338 g/mol. The van der Waals surface area contributed by atoms with Crippen molar-refractivity contribution in [1.29, 1.82) is 0 Å². The molecule has 2 aromatic carbocycles. The maximum atomic E-state index is 13.3. The summed E-state index contributed by atoms with van der Waals surface area (Å²) in [5.74, 6) is -0.0834. The topological polar surface area (TPSA) is 43.3 Å². The lowest BCUT2D eigenvalue weighted by molar-refractivity contribution is 0.0921. The van der Waals surface area contributed by atoms with Crippen molar-refractivity contribution in [3.8, 4) is 5.75 Å². The number of hydrogen-bond donors (Lipinski definition) is 1. The fraction of sp³-hybridized carbons (Fsp3) is 0.250. The first-order valence-electron chi connectivity index (χ1n) is 8.46. The Morgan fingerprint density at radius 2 is 2.04 bits per heavy atom. The van der Waals surface area contributed by atoms with Crippen LogP contribution in [0.4, 0.5) is 4.39 Å². The average Bonchev–Trinajstić information content (AvgIpc) is 2.77. The van der Waals surface area contributed by atoms with Crippen LogP contribution in [0.1, 0.15) is 16.1 Å². The zero-order chi connectivity index (χ0) is 17.2. The van der Waals surface area contributed by atoms with Crippen LogP contribution in [0.2, 0.25) is 0 Å². The van der Waals surface area contributed by atoms with Gasteiger partial charge in [0.1, 0.15) is 11.6 Å². The number of nitrogens with one attached hydrogen (secondary N) is 1. The van der Waals surface area contributed by atoms with Crippen LogP contribution in [-0.2, 0) is 13.0 Å². The molecular formula is C20H19FN2O2. The fourth-order valence-electron chi connectivity index (χ4n) is 3.48. The minimum atomic E-state index is -0.376. The number of halogens is 1. The minimum absolute atomic E-state index is 0.0730. The molecule has 2 heterocycles. The van der Waals surface area contributed by atoms with Crippen molar-refractivity contribution in [2.75, 3.05) is 19.7 Å². The first-order valence-corrected chi connectivity index (χ1v) is 8.46. The number of ketones is 1. The molecule has 0 atom stereocenters. The molecule has 1 N–H and O–H groups in total. The minimum Gasteiger partial charge on any atom is -0.485 e. The summed E-state index contributed by atoms with van der Waals surface area (Å²) in [6, 6.07) is 13.8. The summed E-state index contributed by atoms with van der Waals surface area (Å²) < 4.78 is 21.0. The molecule has 0 aliphatic carbocycles. The molecule has 0 saturated heterocycles. The van der Waals surface area contributed by atoms with Crippen molar-refractivity contribution in [3.05, 3.63) is 65.6 Å². The Labute approximate surface area is 145 Å². The lowest BCUT2D eigenvalue weighted by atomic mass is 10.1. The summed E-state index contributed by atoms with van der Waals surface area (Å²) in [4.78, 5) is 12.9. The molecule has 0 spiro atoms. The van der Waals surface area contributed by atoms with Crippen LogP contribution in [0.15, 0.2) is 48.5 Å². The van der Waals surface area contributed by atoms with Gasteiger partial charge in [0.25, 0.3) is 0 Å². The van der Waals surface area contributed by atoms with Gasteiger partial charge in [-0.25, -0.2) is 4.39 Å². The van der Waals surface area contributed by atoms with Crippen LogP contribution < -0.4 is 10.1 Å². The number of ether oxygens (including phenoxy) is 1. The summed E-state index contributed by atoms with van der Waals surface area (Å²) in [5, 5.41) is 4.34. The predicted molar refractivity (Wildman–Crippen MR) is 94.7 cm³/mol. The Hall–Kier alpha value is -2.66. The summed E-state index contributed by atoms with van der Waals surface area (Å²) in [5.41, 5.74) is 2.87. The molecule has 128 valence electrons. The predicted octanol–water partition coefficient (Wildman–Crippen LogP) is 3.19. The number of Topliss-reactive ketones (excluding diaryl/α,β-unsaturated/α-hetero) is 1. The van der Waals surface area contributed by atoms with Gasteiger partial charge in [-0.1, -0.05) is 24.3 Å². The summed E-state index contributed by atoms with van der Waals surface area (Å²) in [7, 11) is 0. The van der Waals surface area contributed by atoms with Crippen LogP contribution in [-0.4, -0.2) is 30.0 Å². The molecule has 1 aliphatic rings. The van der Waals surface area contributed by atoms with E-state index in [4.69, 9.17) is 4.74 Å². The first-order chi connectivity index (χ1) is 12.2. The van der Waals surface area contributed by atoms with Crippen LogP contribution in [0.3, 0.4) is 0 Å². The van der Waals surface area contributed by atoms with Crippen molar-refractivity contribution >= 4 is 16.7 Å². The molecule has 0 saturated carbocycles. The van der Waals surface area contributed by atoms with Crippen molar-refractivity contribution in [1.82, 2.24) is 9.88 Å². The van der Waals surface area contributed by atoms with Gasteiger partial charge in [-0.05, 0) is 18.2 Å². The van der Waals surface area contributed by atoms with Crippen LogP contribution in [0, 0.1) is 5.82 Å². The van der Waals surface area contributed by atoms with Crippen LogP contribution in [0.5, 0.6) is 5.75 Å². The zero-order valence-corrected chi connectivity index (χ0v) is 13.8. The highest BCUT2D eigenvalue weighted by atomic mass is 19.1. The molecule has 0 radical (unpaired) electrons. The molecular weight excluding hydrogens is 319 g/mol. The van der Waals surface area contributed by atoms with E-state index in [1.54, 1.807) is 12.1 Å². The smallest absolute Gasteiger partial charge is 0.202 e. The standard InChI is InChI=1S/C20H19FN2O2/c21-14-4-3-5-15(12-14)25-13-19(24)20-16-6-1-2-7-17(16)23-11-10-22-9-8-18(20)23/h1-7,12,22H,8-11,13H2. The van der Waals surface area contributed by atoms with Gasteiger partial charge < -0.3 is 14.6 Å². The SMILES string of the molecule is O=C(COc1cccc(F)c1)c1c2n(c3ccccc13)CCNCC2. The van der Waals surface area contributed by atoms with Crippen molar-refractivity contribution in [3.63, 3.8) is 0 Å². The van der Waals surface area contributed by atoms with Crippen molar-refractivity contribution in [2.24, 2.45) is 0 Å². The second-order valence-corrected chi connectivity index (χ2v) is 6.16. The van der Waals surface area contributed by atoms with Gasteiger partial charge in [-0.3, -0.25) is 4.79 Å². The van der Waals surface area contributed by atoms with E-state index in [2.05, 4.69) is 9.88 Å². The number of rotatable bonds is 4. The average molecular weight is 338 g/mol. The summed E-state index contributed by atoms with van der Waals surface area (Å²) in [6.45, 7) is 2.48. The molecule has 1 aromatic heterocycles. The molecule has 4 rings (SSSR count). The highest BCUT2D eigenvalue weighted by Gasteiger charge is 2.23. The quantitative estimate of drug-likeness (QED) is 0.743. The van der Waals surface area contributed by atoms with Gasteiger partial charge in [0.15, 0.2) is 6.61 Å². The van der Waals surface area contributed by atoms with Gasteiger partial charge in [-0.15, -0.1) is 0 Å². The van der Waals surface area contributed by atoms with Crippen molar-refractivity contribution in [2.45, 2.75) is 13.0 Å². The van der Waals surface area contributed by atoms with Gasteiger partial charge in [0.05, 0.1) is 5.56 Å². The van der Waals surface area contributed by atoms with Crippen molar-refractivity contribution < 1.29 is 13.9 Å². The van der Waals surface area contributed by atoms with Gasteiger partial charge in [0.2, 0.25) is 5.78 Å². The molecule has 5 heteroatoms. The summed E-state index contributed by atoms with van der Waals surface area (Å²) in [6.07, 6.45) is 0.801. The number of para-hydroxylation sites is 1. The van der Waals surface area contributed by atoms with Crippen LogP contribution >= 0.6 is 0 Å². The lowest BCUT2D eigenvalue weighted by Gasteiger charge is -2.08. The third-order valence-corrected chi connectivity index (χ3v) is 4.57. The highest BCUT2D eigenvalue weighted by Crippen LogP contribution is 2.28. The fourth-order valence-corrected chi connectivity index (χ4v) is 3.48. The maximum absolute atomic E-state index is 13.3. The number of carbonyl (C=O) groups is 1. The Balaban J connectivity index is 1.68. The Kier molecular flexibility index (Phi) is 4.24. The third kappa shape index (κ3) is 3.03. The molecule has 1 aliphatic heterocycles. The molecule has 0 fully saturated rings. The van der Waals surface area contributed by atoms with Gasteiger partial charge in [0, 0.05) is 48.7 Å². The highest BCUT2D eigenvalue weighted by molar-refractivity contribution is 6.10. The Morgan fingerprint density at radius 3 is 2.92 bits per heavy atom. The van der Waals surface area contributed by atoms with E-state index in [1.807, 2.05) is 24.3 Å². The first kappa shape index (κ1) is 15.8. The van der Waals surface area contributed by atoms with E-state index >= 15 is 0 Å². The van der Waals surface area contributed by atoms with Crippen LogP contribution in [0.25, 0.3) is 10.9 Å². The Morgan fingerprint density at radius 1 is 1.16 bits per heavy atom. The number of aromatic nitrogens is 1. The number of hydrogen-bond acceptors (Lipinski definition) is 3. The molecule has 0 amide bonds. The van der Waals surface area contributed by atoms with Gasteiger partial charge in [-0.2, -0.15) is 0 Å². The second-order valence-electron chi connectivity index (χ2n) is 6.16. The Bertz CT molecular complexity index is 933. The maximum Gasteiger partial charge on any atom is 0.202 e. The largest absolute Gasteiger partial charge is 0.485 e. The second kappa shape index (κ2) is 6.69. The van der Waals surface area contributed by atoms with Gasteiger partial charge >= 0.3 is 0 Å². The molecule has 3 aromatic rings. The van der Waals surface area contributed by atoms with E-state index in [1.165, 1.54) is 12.1 Å². The normalized spacial score (nSPS) is 14.1. The molecule has 0 bridgehead atoms. The molecule has 25 heavy (non-hydrogen) atoms. The van der Waals surface area contributed by atoms with E-state index in [0.29, 0.717) is 5.75 Å². The number of fused-ring (bicyclic) bond motifs is 3. The zero-order valence-electron chi connectivity index (χ0n) is 13.8. The van der Waals surface area contributed by atoms with E-state index in [-0.39, 0.29) is 18.2 Å².